The van der Waals surface area contributed by atoms with Crippen LogP contribution in [0.15, 0.2) is 47.7 Å². The Morgan fingerprint density at radius 1 is 1.15 bits per heavy atom. The molecule has 5 rings (SSSR count). The van der Waals surface area contributed by atoms with Crippen molar-refractivity contribution < 1.29 is 19.1 Å². The minimum Gasteiger partial charge on any atom is -0.503 e. The molecule has 3 heterocycles. The summed E-state index contributed by atoms with van der Waals surface area (Å²) in [7, 11) is 0. The zero-order valence-corrected chi connectivity index (χ0v) is 20.6. The molecule has 1 aliphatic rings. The van der Waals surface area contributed by atoms with Crippen LogP contribution in [0.2, 0.25) is 5.02 Å². The van der Waals surface area contributed by atoms with Crippen molar-refractivity contribution in [1.82, 2.24) is 9.97 Å². The summed E-state index contributed by atoms with van der Waals surface area (Å²) in [5.41, 5.74) is 1.79. The lowest BCUT2D eigenvalue weighted by Gasteiger charge is -2.25. The fourth-order valence-electron chi connectivity index (χ4n) is 4.07. The number of aryl methyl sites for hydroxylation is 3. The third-order valence-electron chi connectivity index (χ3n) is 5.57. The Bertz CT molecular complexity index is 1520. The van der Waals surface area contributed by atoms with Crippen LogP contribution in [0.4, 0.5) is 9.52 Å². The Kier molecular flexibility index (Phi) is 5.50. The number of benzene rings is 2. The second-order valence-electron chi connectivity index (χ2n) is 7.92. The molecule has 10 heteroatoms. The number of hydrogen-bond acceptors (Lipinski definition) is 7. The smallest absolute Gasteiger partial charge is 0.296 e. The van der Waals surface area contributed by atoms with E-state index in [0.717, 1.165) is 26.5 Å². The van der Waals surface area contributed by atoms with Crippen molar-refractivity contribution in [3.05, 3.63) is 85.3 Å². The van der Waals surface area contributed by atoms with E-state index in [0.29, 0.717) is 16.2 Å². The van der Waals surface area contributed by atoms with Crippen molar-refractivity contribution in [2.75, 3.05) is 4.90 Å². The van der Waals surface area contributed by atoms with E-state index < -0.39 is 29.3 Å². The fourth-order valence-corrected chi connectivity index (χ4v) is 6.30. The Morgan fingerprint density at radius 3 is 2.59 bits per heavy atom. The average molecular weight is 514 g/mol. The van der Waals surface area contributed by atoms with Crippen LogP contribution in [-0.2, 0) is 4.79 Å². The van der Waals surface area contributed by atoms with Crippen LogP contribution in [0.5, 0.6) is 0 Å². The van der Waals surface area contributed by atoms with Gasteiger partial charge in [-0.1, -0.05) is 35.1 Å². The number of halogens is 2. The van der Waals surface area contributed by atoms with Crippen molar-refractivity contribution in [2.24, 2.45) is 0 Å². The number of hydrogen-bond donors (Lipinski definition) is 1. The molecule has 172 valence electrons. The molecule has 2 aromatic carbocycles. The molecule has 0 fully saturated rings. The maximum absolute atomic E-state index is 15.2. The molecule has 0 saturated carbocycles. The van der Waals surface area contributed by atoms with Gasteiger partial charge in [0.15, 0.2) is 10.9 Å². The zero-order valence-electron chi connectivity index (χ0n) is 18.2. The predicted octanol–water partition coefficient (Wildman–Crippen LogP) is 6.25. The molecule has 0 radical (unpaired) electrons. The number of nitrogens with zero attached hydrogens (tertiary/aromatic N) is 3. The van der Waals surface area contributed by atoms with Gasteiger partial charge in [0.1, 0.15) is 11.9 Å². The summed E-state index contributed by atoms with van der Waals surface area (Å²) in [4.78, 5) is 37.2. The monoisotopic (exact) mass is 513 g/mol. The second kappa shape index (κ2) is 8.26. The van der Waals surface area contributed by atoms with Crippen LogP contribution in [0.25, 0.3) is 10.2 Å². The van der Waals surface area contributed by atoms with Gasteiger partial charge in [-0.25, -0.2) is 14.4 Å². The van der Waals surface area contributed by atoms with Crippen LogP contribution < -0.4 is 4.90 Å². The van der Waals surface area contributed by atoms with Crippen LogP contribution in [0.3, 0.4) is 0 Å². The molecule has 0 bridgehead atoms. The number of aliphatic hydroxyl groups excluding tert-OH is 1. The normalized spacial score (nSPS) is 16.2. The number of carbonyl (C=O) groups is 2. The first-order chi connectivity index (χ1) is 16.2. The lowest BCUT2D eigenvalue weighted by molar-refractivity contribution is -0.117. The van der Waals surface area contributed by atoms with Gasteiger partial charge in [-0.3, -0.25) is 14.5 Å². The lowest BCUT2D eigenvalue weighted by Crippen LogP contribution is -2.31. The van der Waals surface area contributed by atoms with E-state index >= 15 is 4.39 Å². The van der Waals surface area contributed by atoms with Gasteiger partial charge in [-0.15, -0.1) is 11.3 Å². The third-order valence-corrected chi connectivity index (χ3v) is 7.99. The largest absolute Gasteiger partial charge is 0.503 e. The second-order valence-corrected chi connectivity index (χ2v) is 10.5. The molecule has 1 unspecified atom stereocenters. The van der Waals surface area contributed by atoms with Gasteiger partial charge in [0.25, 0.3) is 5.91 Å². The number of fused-ring (bicyclic) bond motifs is 1. The first-order valence-electron chi connectivity index (χ1n) is 10.2. The Morgan fingerprint density at radius 2 is 1.91 bits per heavy atom. The van der Waals surface area contributed by atoms with Gasteiger partial charge in [0.2, 0.25) is 5.78 Å². The Balaban J connectivity index is 1.74. The summed E-state index contributed by atoms with van der Waals surface area (Å²) >= 11 is 8.74. The third kappa shape index (κ3) is 3.51. The molecule has 2 aromatic heterocycles. The number of aromatic nitrogens is 2. The number of amides is 1. The van der Waals surface area contributed by atoms with Crippen molar-refractivity contribution in [1.29, 1.82) is 0 Å². The van der Waals surface area contributed by atoms with E-state index in [1.165, 1.54) is 29.5 Å². The maximum atomic E-state index is 15.2. The highest BCUT2D eigenvalue weighted by Crippen LogP contribution is 2.47. The number of Topliss-reactive ketones (excluding diaryl/α,β-unsaturated/α-hetero) is 1. The highest BCUT2D eigenvalue weighted by Gasteiger charge is 2.48. The highest BCUT2D eigenvalue weighted by atomic mass is 35.5. The van der Waals surface area contributed by atoms with Gasteiger partial charge in [-0.05, 0) is 50.6 Å². The van der Waals surface area contributed by atoms with Gasteiger partial charge < -0.3 is 5.11 Å². The van der Waals surface area contributed by atoms with E-state index in [9.17, 15) is 14.7 Å². The van der Waals surface area contributed by atoms with Gasteiger partial charge in [0.05, 0.1) is 31.4 Å². The minimum atomic E-state index is -1.29. The minimum absolute atomic E-state index is 0.0250. The molecule has 0 spiro atoms. The molecule has 34 heavy (non-hydrogen) atoms. The highest BCUT2D eigenvalue weighted by molar-refractivity contribution is 7.22. The van der Waals surface area contributed by atoms with Crippen molar-refractivity contribution in [3.8, 4) is 0 Å². The predicted molar refractivity (Wildman–Crippen MR) is 132 cm³/mol. The summed E-state index contributed by atoms with van der Waals surface area (Å²) < 4.78 is 16.0. The molecule has 1 amide bonds. The zero-order chi connectivity index (χ0) is 24.3. The van der Waals surface area contributed by atoms with Gasteiger partial charge in [0, 0.05) is 10.6 Å². The molecule has 0 saturated heterocycles. The fraction of sp³-hybridized carbons (Fsp3) is 0.167. The lowest BCUT2D eigenvalue weighted by atomic mass is 9.94. The van der Waals surface area contributed by atoms with Crippen molar-refractivity contribution >= 4 is 61.3 Å². The molecule has 1 aliphatic heterocycles. The molecule has 6 nitrogen and oxygen atoms in total. The van der Waals surface area contributed by atoms with Crippen LogP contribution in [0.1, 0.15) is 37.5 Å². The first kappa shape index (κ1) is 22.6. The SMILES string of the molecule is Cc1ccc2nc(N3C(=O)C(O)=C(C(=O)c4sc(C)nc4C)C3c3c(F)cccc3Cl)sc2c1. The molecule has 1 N–H and O–H groups in total. The molecule has 0 aliphatic carbocycles. The topological polar surface area (TPSA) is 83.4 Å². The van der Waals surface area contributed by atoms with Crippen LogP contribution in [-0.4, -0.2) is 26.8 Å². The Labute approximate surface area is 207 Å². The number of rotatable bonds is 4. The average Bonchev–Trinajstić information content (AvgIpc) is 3.41. The molecular weight excluding hydrogens is 497 g/mol. The van der Waals surface area contributed by atoms with Gasteiger partial charge in [-0.2, -0.15) is 0 Å². The summed E-state index contributed by atoms with van der Waals surface area (Å²) in [5.74, 6) is -2.90. The van der Waals surface area contributed by atoms with E-state index in [2.05, 4.69) is 9.97 Å². The molecule has 4 aromatic rings. The maximum Gasteiger partial charge on any atom is 0.296 e. The number of thiazole rings is 2. The van der Waals surface area contributed by atoms with Crippen LogP contribution >= 0.6 is 34.3 Å². The van der Waals surface area contributed by atoms with E-state index in [1.54, 1.807) is 13.8 Å². The van der Waals surface area contributed by atoms with Gasteiger partial charge >= 0.3 is 0 Å². The number of anilines is 1. The number of aliphatic hydroxyl groups is 1. The summed E-state index contributed by atoms with van der Waals surface area (Å²) in [5, 5.41) is 11.8. The van der Waals surface area contributed by atoms with E-state index in [1.807, 2.05) is 25.1 Å². The summed E-state index contributed by atoms with van der Waals surface area (Å²) in [6, 6.07) is 8.45. The van der Waals surface area contributed by atoms with Crippen molar-refractivity contribution in [2.45, 2.75) is 26.8 Å². The quantitative estimate of drug-likeness (QED) is 0.326. The number of carbonyl (C=O) groups excluding carboxylic acids is 2. The van der Waals surface area contributed by atoms with E-state index in [4.69, 9.17) is 11.6 Å². The Hall–Kier alpha value is -3.14. The number of ketones is 1. The first-order valence-corrected chi connectivity index (χ1v) is 12.2. The van der Waals surface area contributed by atoms with Crippen LogP contribution in [0, 0.1) is 26.6 Å². The van der Waals surface area contributed by atoms with Crippen molar-refractivity contribution in [3.63, 3.8) is 0 Å². The molecular formula is C24H17ClFN3O3S2. The summed E-state index contributed by atoms with van der Waals surface area (Å²) in [6.07, 6.45) is 0. The van der Waals surface area contributed by atoms with E-state index in [-0.39, 0.29) is 26.2 Å². The molecule has 1 atom stereocenters. The summed E-state index contributed by atoms with van der Waals surface area (Å²) in [6.45, 7) is 5.36. The standard InChI is InChI=1S/C24H17ClFN3O3S2/c1-10-7-8-15-16(9-10)34-24(28-15)29-19(17-13(25)5-4-6-14(17)26)18(21(31)23(29)32)20(30)22-11(2)27-12(3)33-22/h4-9,19,31H,1-3H3.